The number of primary amides is 1. The number of nitrogens with zero attached hydrogens (tertiary/aromatic N) is 1. The van der Waals surface area contributed by atoms with Gasteiger partial charge in [0, 0.05) is 10.9 Å². The van der Waals surface area contributed by atoms with Gasteiger partial charge in [-0.3, -0.25) is 9.59 Å². The molecule has 38 heavy (non-hydrogen) atoms. The molecule has 0 aliphatic heterocycles. The Bertz CT molecular complexity index is 1650. The summed E-state index contributed by atoms with van der Waals surface area (Å²) < 4.78 is 5.34. The zero-order valence-corrected chi connectivity index (χ0v) is 20.3. The van der Waals surface area contributed by atoms with Crippen molar-refractivity contribution in [1.82, 2.24) is 4.98 Å². The third kappa shape index (κ3) is 5.27. The first kappa shape index (κ1) is 24.4. The van der Waals surface area contributed by atoms with Crippen LogP contribution in [0.3, 0.4) is 0 Å². The molecule has 186 valence electrons. The summed E-state index contributed by atoms with van der Waals surface area (Å²) in [5, 5.41) is 3.18. The Morgan fingerprint density at radius 1 is 0.711 bits per heavy atom. The summed E-state index contributed by atoms with van der Waals surface area (Å²) in [6.07, 6.45) is 0. The first-order valence-electron chi connectivity index (χ1n) is 11.9. The lowest BCUT2D eigenvalue weighted by Gasteiger charge is -2.12. The average Bonchev–Trinajstić information content (AvgIpc) is 2.96. The van der Waals surface area contributed by atoms with Gasteiger partial charge in [-0.1, -0.05) is 84.9 Å². The van der Waals surface area contributed by atoms with Crippen molar-refractivity contribution in [3.8, 4) is 22.4 Å². The topological polar surface area (TPSA) is 111 Å². The van der Waals surface area contributed by atoms with Crippen molar-refractivity contribution in [3.05, 3.63) is 120 Å². The van der Waals surface area contributed by atoms with Crippen molar-refractivity contribution >= 4 is 34.4 Å². The Balaban J connectivity index is 1.37. The minimum Gasteiger partial charge on any atom is -0.452 e. The first-order valence-corrected chi connectivity index (χ1v) is 11.9. The number of fused-ring (bicyclic) bond motifs is 1. The Morgan fingerprint density at radius 3 is 2.11 bits per heavy atom. The zero-order chi connectivity index (χ0) is 26.5. The quantitative estimate of drug-likeness (QED) is 0.288. The number of para-hydroxylation sites is 2. The predicted octanol–water partition coefficient (Wildman–Crippen LogP) is 5.46. The maximum absolute atomic E-state index is 13.1. The number of anilines is 1. The highest BCUT2D eigenvalue weighted by Gasteiger charge is 2.18. The monoisotopic (exact) mass is 501 g/mol. The second-order valence-electron chi connectivity index (χ2n) is 8.55. The molecule has 0 radical (unpaired) electrons. The molecule has 1 heterocycles. The molecular formula is C31H23N3O4. The molecule has 0 aliphatic carbocycles. The van der Waals surface area contributed by atoms with E-state index in [4.69, 9.17) is 15.5 Å². The molecule has 0 unspecified atom stereocenters. The predicted molar refractivity (Wildman–Crippen MR) is 146 cm³/mol. The van der Waals surface area contributed by atoms with Gasteiger partial charge in [-0.25, -0.2) is 9.78 Å². The van der Waals surface area contributed by atoms with Gasteiger partial charge in [0.1, 0.15) is 0 Å². The first-order chi connectivity index (χ1) is 18.5. The average molecular weight is 502 g/mol. The number of nitrogens with two attached hydrogens (primary N) is 1. The molecule has 5 aromatic rings. The van der Waals surface area contributed by atoms with Crippen LogP contribution in [0.1, 0.15) is 20.7 Å². The van der Waals surface area contributed by atoms with Crippen LogP contribution in [0.15, 0.2) is 109 Å². The van der Waals surface area contributed by atoms with E-state index in [1.54, 1.807) is 30.3 Å². The summed E-state index contributed by atoms with van der Waals surface area (Å²) >= 11 is 0. The van der Waals surface area contributed by atoms with Gasteiger partial charge in [-0.2, -0.15) is 0 Å². The van der Waals surface area contributed by atoms with E-state index in [1.807, 2.05) is 72.8 Å². The number of aromatic nitrogens is 1. The molecule has 7 nitrogen and oxygen atoms in total. The van der Waals surface area contributed by atoms with Crippen molar-refractivity contribution in [2.75, 3.05) is 11.9 Å². The molecule has 5 rings (SSSR count). The van der Waals surface area contributed by atoms with Gasteiger partial charge in [0.2, 0.25) is 0 Å². The van der Waals surface area contributed by atoms with E-state index >= 15 is 0 Å². The molecule has 0 aliphatic rings. The van der Waals surface area contributed by atoms with E-state index in [2.05, 4.69) is 5.32 Å². The number of hydrogen-bond donors (Lipinski definition) is 2. The van der Waals surface area contributed by atoms with Crippen molar-refractivity contribution in [2.24, 2.45) is 5.73 Å². The highest BCUT2D eigenvalue weighted by Crippen LogP contribution is 2.28. The summed E-state index contributed by atoms with van der Waals surface area (Å²) in [6, 6.07) is 33.2. The van der Waals surface area contributed by atoms with E-state index in [1.165, 1.54) is 6.07 Å². The second-order valence-corrected chi connectivity index (χ2v) is 8.55. The van der Waals surface area contributed by atoms with Crippen LogP contribution in [0.2, 0.25) is 0 Å². The number of nitrogens with one attached hydrogen (secondary N) is 1. The van der Waals surface area contributed by atoms with Gasteiger partial charge in [0.05, 0.1) is 28.0 Å². The standard InChI is InChI=1S/C31H23N3O4/c32-30(36)24-11-5-7-13-27(24)34-29(35)19-38-31(37)25-18-28(33-26-12-6-4-10-23(25)26)22-16-14-21(15-17-22)20-8-2-1-3-9-20/h1-18H,19H2,(H2,32,36)(H,34,35). The van der Waals surface area contributed by atoms with E-state index < -0.39 is 24.4 Å². The fourth-order valence-corrected chi connectivity index (χ4v) is 4.16. The van der Waals surface area contributed by atoms with Crippen molar-refractivity contribution in [2.45, 2.75) is 0 Å². The molecule has 1 aromatic heterocycles. The van der Waals surface area contributed by atoms with Crippen LogP contribution in [-0.2, 0) is 9.53 Å². The molecule has 2 amide bonds. The van der Waals surface area contributed by atoms with Crippen LogP contribution < -0.4 is 11.1 Å². The maximum atomic E-state index is 13.1. The summed E-state index contributed by atoms with van der Waals surface area (Å²) in [5.74, 6) is -1.93. The Kier molecular flexibility index (Phi) is 6.91. The SMILES string of the molecule is NC(=O)c1ccccc1NC(=O)COC(=O)c1cc(-c2ccc(-c3ccccc3)cc2)nc2ccccc12. The molecule has 0 atom stereocenters. The number of amides is 2. The fraction of sp³-hybridized carbons (Fsp3) is 0.0323. The second kappa shape index (κ2) is 10.8. The molecule has 7 heteroatoms. The molecule has 3 N–H and O–H groups in total. The highest BCUT2D eigenvalue weighted by atomic mass is 16.5. The van der Waals surface area contributed by atoms with Crippen molar-refractivity contribution in [1.29, 1.82) is 0 Å². The van der Waals surface area contributed by atoms with Gasteiger partial charge in [0.25, 0.3) is 11.8 Å². The Morgan fingerprint density at radius 2 is 1.34 bits per heavy atom. The number of benzene rings is 4. The molecule has 0 saturated heterocycles. The number of esters is 1. The lowest BCUT2D eigenvalue weighted by atomic mass is 10.0. The van der Waals surface area contributed by atoms with Gasteiger partial charge in [-0.15, -0.1) is 0 Å². The van der Waals surface area contributed by atoms with Crippen LogP contribution >= 0.6 is 0 Å². The largest absolute Gasteiger partial charge is 0.452 e. The third-order valence-electron chi connectivity index (χ3n) is 6.02. The van der Waals surface area contributed by atoms with E-state index in [9.17, 15) is 14.4 Å². The lowest BCUT2D eigenvalue weighted by molar-refractivity contribution is -0.119. The number of carbonyl (C=O) groups is 3. The number of ether oxygens (including phenoxy) is 1. The Hall–Kier alpha value is -5.30. The molecule has 0 fully saturated rings. The Labute approximate surface area is 218 Å². The van der Waals surface area contributed by atoms with Crippen molar-refractivity contribution in [3.63, 3.8) is 0 Å². The third-order valence-corrected chi connectivity index (χ3v) is 6.02. The van der Waals surface area contributed by atoms with Crippen LogP contribution in [-0.4, -0.2) is 29.4 Å². The molecule has 0 saturated carbocycles. The van der Waals surface area contributed by atoms with Crippen LogP contribution in [0.4, 0.5) is 5.69 Å². The highest BCUT2D eigenvalue weighted by molar-refractivity contribution is 6.06. The molecule has 0 spiro atoms. The summed E-state index contributed by atoms with van der Waals surface area (Å²) in [4.78, 5) is 41.9. The molecule has 4 aromatic carbocycles. The lowest BCUT2D eigenvalue weighted by Crippen LogP contribution is -2.23. The number of hydrogen-bond acceptors (Lipinski definition) is 5. The maximum Gasteiger partial charge on any atom is 0.339 e. The van der Waals surface area contributed by atoms with E-state index in [-0.39, 0.29) is 11.3 Å². The van der Waals surface area contributed by atoms with Crippen LogP contribution in [0.5, 0.6) is 0 Å². The minimum atomic E-state index is -0.675. The van der Waals surface area contributed by atoms with Gasteiger partial charge in [-0.05, 0) is 35.4 Å². The fourth-order valence-electron chi connectivity index (χ4n) is 4.16. The van der Waals surface area contributed by atoms with Crippen LogP contribution in [0.25, 0.3) is 33.3 Å². The van der Waals surface area contributed by atoms with Crippen molar-refractivity contribution < 1.29 is 19.1 Å². The smallest absolute Gasteiger partial charge is 0.339 e. The van der Waals surface area contributed by atoms with E-state index in [0.717, 1.165) is 16.7 Å². The number of rotatable bonds is 7. The van der Waals surface area contributed by atoms with Gasteiger partial charge >= 0.3 is 5.97 Å². The van der Waals surface area contributed by atoms with Crippen LogP contribution in [0, 0.1) is 0 Å². The molecule has 0 bridgehead atoms. The zero-order valence-electron chi connectivity index (χ0n) is 20.3. The summed E-state index contributed by atoms with van der Waals surface area (Å²) in [6.45, 7) is -0.538. The van der Waals surface area contributed by atoms with Gasteiger partial charge in [0.15, 0.2) is 6.61 Å². The summed E-state index contributed by atoms with van der Waals surface area (Å²) in [5.41, 5.74) is 10.3. The number of carbonyl (C=O) groups excluding carboxylic acids is 3. The van der Waals surface area contributed by atoms with Gasteiger partial charge < -0.3 is 15.8 Å². The summed E-state index contributed by atoms with van der Waals surface area (Å²) in [7, 11) is 0. The van der Waals surface area contributed by atoms with E-state index in [0.29, 0.717) is 22.2 Å². The minimum absolute atomic E-state index is 0.162. The normalized spacial score (nSPS) is 10.6. The number of pyridine rings is 1. The molecular weight excluding hydrogens is 478 g/mol.